The zero-order valence-corrected chi connectivity index (χ0v) is 20.3. The zero-order chi connectivity index (χ0) is 23.5. The summed E-state index contributed by atoms with van der Waals surface area (Å²) in [6.45, 7) is 10.1. The first kappa shape index (κ1) is 23.3. The summed E-state index contributed by atoms with van der Waals surface area (Å²) in [5.74, 6) is 1.16. The summed E-state index contributed by atoms with van der Waals surface area (Å²) < 4.78 is 6.24. The molecule has 0 aromatic heterocycles. The number of hydrogen-bond donors (Lipinski definition) is 0. The SMILES string of the molecule is CC[C@H](Oc1ccc2c(c1)[C@@H](c1ccc(C)cc1)N(C(=O)C1CC1)CC2)C(=O)N(CC)CC. The average Bonchev–Trinajstić information content (AvgIpc) is 3.68. The molecule has 2 aromatic rings. The molecular formula is C28H36N2O3. The van der Waals surface area contributed by atoms with E-state index in [1.807, 2.05) is 31.7 Å². The van der Waals surface area contributed by atoms with Crippen LogP contribution in [0.2, 0.25) is 0 Å². The smallest absolute Gasteiger partial charge is 0.263 e. The van der Waals surface area contributed by atoms with Crippen molar-refractivity contribution >= 4 is 11.8 Å². The third-order valence-electron chi connectivity index (χ3n) is 6.95. The number of carbonyl (C=O) groups is 2. The number of ether oxygens (including phenoxy) is 1. The van der Waals surface area contributed by atoms with Gasteiger partial charge >= 0.3 is 0 Å². The van der Waals surface area contributed by atoms with Crippen molar-refractivity contribution in [2.45, 2.75) is 65.5 Å². The number of aryl methyl sites for hydroxylation is 1. The van der Waals surface area contributed by atoms with Crippen molar-refractivity contribution in [3.63, 3.8) is 0 Å². The van der Waals surface area contributed by atoms with Gasteiger partial charge < -0.3 is 14.5 Å². The quantitative estimate of drug-likeness (QED) is 0.577. The van der Waals surface area contributed by atoms with Crippen molar-refractivity contribution in [2.24, 2.45) is 5.92 Å². The molecule has 0 unspecified atom stereocenters. The van der Waals surface area contributed by atoms with Crippen LogP contribution >= 0.6 is 0 Å². The Kier molecular flexibility index (Phi) is 7.06. The third kappa shape index (κ3) is 4.92. The molecule has 33 heavy (non-hydrogen) atoms. The number of likely N-dealkylation sites (N-methyl/N-ethyl adjacent to an activating group) is 1. The summed E-state index contributed by atoms with van der Waals surface area (Å²) >= 11 is 0. The van der Waals surface area contributed by atoms with Gasteiger partial charge in [0.15, 0.2) is 6.10 Å². The second kappa shape index (κ2) is 9.98. The number of benzene rings is 2. The first-order valence-electron chi connectivity index (χ1n) is 12.4. The van der Waals surface area contributed by atoms with E-state index < -0.39 is 6.10 Å². The molecule has 176 valence electrons. The molecule has 5 heteroatoms. The highest BCUT2D eigenvalue weighted by Gasteiger charge is 2.39. The van der Waals surface area contributed by atoms with E-state index in [0.717, 1.165) is 36.9 Å². The minimum absolute atomic E-state index is 0.0286. The van der Waals surface area contributed by atoms with E-state index in [-0.39, 0.29) is 23.8 Å². The summed E-state index contributed by atoms with van der Waals surface area (Å²) in [5.41, 5.74) is 4.68. The monoisotopic (exact) mass is 448 g/mol. The van der Waals surface area contributed by atoms with Crippen molar-refractivity contribution in [2.75, 3.05) is 19.6 Å². The molecule has 1 aliphatic carbocycles. The number of carbonyl (C=O) groups excluding carboxylic acids is 2. The van der Waals surface area contributed by atoms with E-state index in [1.165, 1.54) is 11.1 Å². The predicted molar refractivity (Wildman–Crippen MR) is 130 cm³/mol. The molecule has 0 spiro atoms. The molecule has 0 saturated heterocycles. The lowest BCUT2D eigenvalue weighted by Gasteiger charge is -2.38. The largest absolute Gasteiger partial charge is 0.481 e. The normalized spacial score (nSPS) is 18.4. The van der Waals surface area contributed by atoms with Gasteiger partial charge in [-0.05, 0) is 75.3 Å². The van der Waals surface area contributed by atoms with Crippen LogP contribution in [0.1, 0.15) is 68.3 Å². The van der Waals surface area contributed by atoms with Gasteiger partial charge in [-0.15, -0.1) is 0 Å². The van der Waals surface area contributed by atoms with E-state index in [9.17, 15) is 9.59 Å². The molecule has 0 radical (unpaired) electrons. The van der Waals surface area contributed by atoms with Crippen LogP contribution in [0.4, 0.5) is 0 Å². The molecule has 4 rings (SSSR count). The number of rotatable bonds is 8. The first-order chi connectivity index (χ1) is 16.0. The highest BCUT2D eigenvalue weighted by Crippen LogP contribution is 2.41. The van der Waals surface area contributed by atoms with Gasteiger partial charge in [0, 0.05) is 25.6 Å². The van der Waals surface area contributed by atoms with Crippen molar-refractivity contribution in [1.29, 1.82) is 0 Å². The van der Waals surface area contributed by atoms with E-state index in [4.69, 9.17) is 4.74 Å². The lowest BCUT2D eigenvalue weighted by Crippen LogP contribution is -2.42. The molecule has 0 bridgehead atoms. The van der Waals surface area contributed by atoms with Crippen LogP contribution in [-0.2, 0) is 16.0 Å². The van der Waals surface area contributed by atoms with Gasteiger partial charge in [-0.3, -0.25) is 9.59 Å². The summed E-state index contributed by atoms with van der Waals surface area (Å²) in [6, 6.07) is 14.5. The fourth-order valence-corrected chi connectivity index (χ4v) is 4.79. The summed E-state index contributed by atoms with van der Waals surface area (Å²) in [6.07, 6.45) is 2.94. The van der Waals surface area contributed by atoms with Crippen molar-refractivity contribution in [1.82, 2.24) is 9.80 Å². The highest BCUT2D eigenvalue weighted by atomic mass is 16.5. The fourth-order valence-electron chi connectivity index (χ4n) is 4.79. The number of hydrogen-bond acceptors (Lipinski definition) is 3. The van der Waals surface area contributed by atoms with Gasteiger partial charge in [0.05, 0.1) is 6.04 Å². The summed E-state index contributed by atoms with van der Waals surface area (Å²) in [4.78, 5) is 30.0. The Morgan fingerprint density at radius 2 is 1.76 bits per heavy atom. The molecular weight excluding hydrogens is 412 g/mol. The van der Waals surface area contributed by atoms with Crippen molar-refractivity contribution in [3.05, 3.63) is 64.7 Å². The molecule has 0 N–H and O–H groups in total. The van der Waals surface area contributed by atoms with Crippen LogP contribution in [0.25, 0.3) is 0 Å². The Bertz CT molecular complexity index is 993. The van der Waals surface area contributed by atoms with Gasteiger partial charge in [-0.2, -0.15) is 0 Å². The fraction of sp³-hybridized carbons (Fsp3) is 0.500. The minimum Gasteiger partial charge on any atom is -0.481 e. The number of nitrogens with zero attached hydrogens (tertiary/aromatic N) is 2. The maximum absolute atomic E-state index is 13.2. The molecule has 2 amide bonds. The van der Waals surface area contributed by atoms with Crippen molar-refractivity contribution < 1.29 is 14.3 Å². The van der Waals surface area contributed by atoms with Gasteiger partial charge in [0.2, 0.25) is 5.91 Å². The first-order valence-corrected chi connectivity index (χ1v) is 12.4. The second-order valence-corrected chi connectivity index (χ2v) is 9.26. The standard InChI is InChI=1S/C28H36N2O3/c1-5-25(28(32)29(6-2)7-3)33-23-15-14-20-16-17-30(27(31)22-12-13-22)26(24(20)18-23)21-10-8-19(4)9-11-21/h8-11,14-15,18,22,25-26H,5-7,12-13,16-17H2,1-4H3/t25-,26+/m0/s1. The van der Waals surface area contributed by atoms with Crippen LogP contribution in [0.3, 0.4) is 0 Å². The lowest BCUT2D eigenvalue weighted by atomic mass is 9.87. The Labute approximate surface area is 197 Å². The van der Waals surface area contributed by atoms with Crippen LogP contribution in [0.5, 0.6) is 5.75 Å². The van der Waals surface area contributed by atoms with E-state index >= 15 is 0 Å². The van der Waals surface area contributed by atoms with Gasteiger partial charge in [0.25, 0.3) is 5.91 Å². The summed E-state index contributed by atoms with van der Waals surface area (Å²) in [7, 11) is 0. The summed E-state index contributed by atoms with van der Waals surface area (Å²) in [5, 5.41) is 0. The average molecular weight is 449 g/mol. The predicted octanol–water partition coefficient (Wildman–Crippen LogP) is 4.90. The minimum atomic E-state index is -0.506. The van der Waals surface area contributed by atoms with Crippen LogP contribution in [0, 0.1) is 12.8 Å². The Morgan fingerprint density at radius 3 is 2.36 bits per heavy atom. The Hall–Kier alpha value is -2.82. The number of amides is 2. The van der Waals surface area contributed by atoms with E-state index in [1.54, 1.807) is 0 Å². The topological polar surface area (TPSA) is 49.9 Å². The zero-order valence-electron chi connectivity index (χ0n) is 20.3. The molecule has 2 aromatic carbocycles. The Balaban J connectivity index is 1.68. The number of fused-ring (bicyclic) bond motifs is 1. The second-order valence-electron chi connectivity index (χ2n) is 9.26. The van der Waals surface area contributed by atoms with Gasteiger partial charge in [0.1, 0.15) is 5.75 Å². The van der Waals surface area contributed by atoms with Crippen molar-refractivity contribution in [3.8, 4) is 5.75 Å². The van der Waals surface area contributed by atoms with Crippen LogP contribution in [-0.4, -0.2) is 47.4 Å². The maximum atomic E-state index is 13.2. The van der Waals surface area contributed by atoms with E-state index in [2.05, 4.69) is 48.2 Å². The van der Waals surface area contributed by atoms with E-state index in [0.29, 0.717) is 25.3 Å². The molecule has 1 saturated carbocycles. The molecule has 1 aliphatic heterocycles. The Morgan fingerprint density at radius 1 is 1.06 bits per heavy atom. The lowest BCUT2D eigenvalue weighted by molar-refractivity contribution is -0.138. The molecule has 2 atom stereocenters. The van der Waals surface area contributed by atoms with Crippen LogP contribution in [0.15, 0.2) is 42.5 Å². The maximum Gasteiger partial charge on any atom is 0.263 e. The third-order valence-corrected chi connectivity index (χ3v) is 6.95. The van der Waals surface area contributed by atoms with Gasteiger partial charge in [-0.25, -0.2) is 0 Å². The molecule has 1 heterocycles. The van der Waals surface area contributed by atoms with Crippen LogP contribution < -0.4 is 4.74 Å². The van der Waals surface area contributed by atoms with Gasteiger partial charge in [-0.1, -0.05) is 42.8 Å². The molecule has 1 fully saturated rings. The highest BCUT2D eigenvalue weighted by molar-refractivity contribution is 5.82. The molecule has 5 nitrogen and oxygen atoms in total. The molecule has 2 aliphatic rings.